The molecule has 0 bridgehead atoms. The predicted octanol–water partition coefficient (Wildman–Crippen LogP) is 2.98. The molecule has 2 nitrogen and oxygen atoms in total. The van der Waals surface area contributed by atoms with Crippen molar-refractivity contribution >= 4 is 0 Å². The normalized spacial score (nSPS) is 11.8. The van der Waals surface area contributed by atoms with Crippen LogP contribution in [-0.2, 0) is 6.54 Å². The Hall–Kier alpha value is -0.860. The number of rotatable bonds is 6. The zero-order chi connectivity index (χ0) is 12.8. The fraction of sp³-hybridized carbons (Fsp3) is 0.600. The van der Waals surface area contributed by atoms with Crippen LogP contribution in [0.15, 0.2) is 24.3 Å². The number of nitrogens with two attached hydrogens (primary N) is 1. The molecule has 0 radical (unpaired) electrons. The zero-order valence-corrected chi connectivity index (χ0v) is 11.6. The van der Waals surface area contributed by atoms with Gasteiger partial charge in [-0.25, -0.2) is 0 Å². The average Bonchev–Trinajstić information content (AvgIpc) is 2.29. The Kier molecular flexibility index (Phi) is 5.66. The van der Waals surface area contributed by atoms with Crippen LogP contribution in [0.25, 0.3) is 0 Å². The van der Waals surface area contributed by atoms with Crippen LogP contribution in [0.2, 0.25) is 0 Å². The molecule has 0 amide bonds. The van der Waals surface area contributed by atoms with Crippen LogP contribution in [0.4, 0.5) is 0 Å². The molecule has 1 aromatic carbocycles. The first-order chi connectivity index (χ1) is 8.04. The van der Waals surface area contributed by atoms with Crippen LogP contribution >= 0.6 is 0 Å². The van der Waals surface area contributed by atoms with E-state index in [0.29, 0.717) is 12.0 Å². The third-order valence-electron chi connectivity index (χ3n) is 3.18. The van der Waals surface area contributed by atoms with E-state index in [-0.39, 0.29) is 0 Å². The molecule has 0 atom stereocenters. The lowest BCUT2D eigenvalue weighted by molar-refractivity contribution is 0.219. The first kappa shape index (κ1) is 14.2. The van der Waals surface area contributed by atoms with Crippen LogP contribution in [0.3, 0.4) is 0 Å². The quantitative estimate of drug-likeness (QED) is 0.820. The Bertz CT molecular complexity index is 314. The highest BCUT2D eigenvalue weighted by atomic mass is 15.1. The number of hydrogen-bond acceptors (Lipinski definition) is 2. The van der Waals surface area contributed by atoms with Gasteiger partial charge in [-0.05, 0) is 30.9 Å². The van der Waals surface area contributed by atoms with Crippen molar-refractivity contribution in [1.29, 1.82) is 0 Å². The van der Waals surface area contributed by atoms with Gasteiger partial charge >= 0.3 is 0 Å². The van der Waals surface area contributed by atoms with Crippen molar-refractivity contribution in [3.63, 3.8) is 0 Å². The maximum absolute atomic E-state index is 5.64. The largest absolute Gasteiger partial charge is 0.329 e. The van der Waals surface area contributed by atoms with E-state index >= 15 is 0 Å². The van der Waals surface area contributed by atoms with Gasteiger partial charge < -0.3 is 5.73 Å². The molecule has 96 valence electrons. The van der Waals surface area contributed by atoms with Gasteiger partial charge in [0.1, 0.15) is 0 Å². The molecule has 0 spiro atoms. The molecule has 0 aliphatic rings. The van der Waals surface area contributed by atoms with Crippen LogP contribution in [0, 0.1) is 0 Å². The van der Waals surface area contributed by atoms with E-state index < -0.39 is 0 Å². The van der Waals surface area contributed by atoms with Gasteiger partial charge in [0.25, 0.3) is 0 Å². The predicted molar refractivity (Wildman–Crippen MR) is 75.1 cm³/mol. The summed E-state index contributed by atoms with van der Waals surface area (Å²) >= 11 is 0. The Balaban J connectivity index is 2.66. The first-order valence-corrected chi connectivity index (χ1v) is 6.57. The molecule has 1 aromatic rings. The molecule has 0 aromatic heterocycles. The highest BCUT2D eigenvalue weighted by Gasteiger charge is 2.09. The van der Waals surface area contributed by atoms with Crippen molar-refractivity contribution in [2.24, 2.45) is 5.73 Å². The zero-order valence-electron chi connectivity index (χ0n) is 11.6. The third-order valence-corrected chi connectivity index (χ3v) is 3.18. The molecule has 0 fully saturated rings. The van der Waals surface area contributed by atoms with E-state index in [4.69, 9.17) is 5.73 Å². The van der Waals surface area contributed by atoms with Gasteiger partial charge in [0.15, 0.2) is 0 Å². The van der Waals surface area contributed by atoms with Crippen LogP contribution < -0.4 is 5.73 Å². The second-order valence-electron chi connectivity index (χ2n) is 5.25. The molecule has 17 heavy (non-hydrogen) atoms. The van der Waals surface area contributed by atoms with Gasteiger partial charge in [0.2, 0.25) is 0 Å². The summed E-state index contributed by atoms with van der Waals surface area (Å²) in [6, 6.07) is 9.49. The fourth-order valence-electron chi connectivity index (χ4n) is 1.93. The lowest BCUT2D eigenvalue weighted by Gasteiger charge is -2.26. The van der Waals surface area contributed by atoms with E-state index in [1.165, 1.54) is 11.1 Å². The highest BCUT2D eigenvalue weighted by molar-refractivity contribution is 5.24. The lowest BCUT2D eigenvalue weighted by atomic mass is 10.0. The minimum Gasteiger partial charge on any atom is -0.329 e. The Labute approximate surface area is 106 Å². The minimum absolute atomic E-state index is 0.545. The minimum atomic E-state index is 0.545. The maximum Gasteiger partial charge on any atom is 0.0236 e. The van der Waals surface area contributed by atoms with Crippen molar-refractivity contribution in [3.8, 4) is 0 Å². The number of hydrogen-bond donors (Lipinski definition) is 1. The average molecular weight is 234 g/mol. The van der Waals surface area contributed by atoms with Gasteiger partial charge in [-0.1, -0.05) is 38.1 Å². The second kappa shape index (κ2) is 6.77. The number of benzene rings is 1. The lowest BCUT2D eigenvalue weighted by Crippen LogP contribution is -2.34. The van der Waals surface area contributed by atoms with Gasteiger partial charge in [-0.15, -0.1) is 0 Å². The van der Waals surface area contributed by atoms with Crippen molar-refractivity contribution in [1.82, 2.24) is 4.90 Å². The molecular weight excluding hydrogens is 208 g/mol. The van der Waals surface area contributed by atoms with Gasteiger partial charge in [0.05, 0.1) is 0 Å². The number of nitrogens with zero attached hydrogens (tertiary/aromatic N) is 1. The smallest absolute Gasteiger partial charge is 0.0236 e. The van der Waals surface area contributed by atoms with Crippen LogP contribution in [-0.4, -0.2) is 24.0 Å². The van der Waals surface area contributed by atoms with Gasteiger partial charge in [-0.3, -0.25) is 4.90 Å². The van der Waals surface area contributed by atoms with E-state index in [1.54, 1.807) is 0 Å². The van der Waals surface area contributed by atoms with E-state index in [0.717, 1.165) is 19.6 Å². The van der Waals surface area contributed by atoms with Crippen LogP contribution in [0.5, 0.6) is 0 Å². The highest BCUT2D eigenvalue weighted by Crippen LogP contribution is 2.16. The van der Waals surface area contributed by atoms with Gasteiger partial charge in [0, 0.05) is 25.7 Å². The van der Waals surface area contributed by atoms with Gasteiger partial charge in [-0.2, -0.15) is 0 Å². The van der Waals surface area contributed by atoms with E-state index in [9.17, 15) is 0 Å². The second-order valence-corrected chi connectivity index (χ2v) is 5.25. The van der Waals surface area contributed by atoms with Crippen molar-refractivity contribution in [3.05, 3.63) is 35.4 Å². The molecule has 0 unspecified atom stereocenters. The molecule has 1 rings (SSSR count). The Morgan fingerprint density at radius 3 is 2.06 bits per heavy atom. The fourth-order valence-corrected chi connectivity index (χ4v) is 1.93. The SMILES string of the molecule is CC(C)c1ccc(CN(CCN)C(C)C)cc1. The summed E-state index contributed by atoms with van der Waals surface area (Å²) in [6.07, 6.45) is 0. The summed E-state index contributed by atoms with van der Waals surface area (Å²) in [6.45, 7) is 11.6. The maximum atomic E-state index is 5.64. The van der Waals surface area contributed by atoms with E-state index in [1.807, 2.05) is 0 Å². The summed E-state index contributed by atoms with van der Waals surface area (Å²) < 4.78 is 0. The summed E-state index contributed by atoms with van der Waals surface area (Å²) in [7, 11) is 0. The first-order valence-electron chi connectivity index (χ1n) is 6.57. The van der Waals surface area contributed by atoms with Crippen LogP contribution in [0.1, 0.15) is 44.7 Å². The molecule has 0 saturated heterocycles. The Morgan fingerprint density at radius 1 is 1.06 bits per heavy atom. The molecule has 0 aliphatic carbocycles. The molecule has 0 saturated carbocycles. The van der Waals surface area contributed by atoms with Crippen molar-refractivity contribution in [2.45, 2.75) is 46.2 Å². The summed E-state index contributed by atoms with van der Waals surface area (Å²) in [5.74, 6) is 0.606. The molecule has 2 N–H and O–H groups in total. The molecule has 2 heteroatoms. The summed E-state index contributed by atoms with van der Waals surface area (Å²) in [5, 5.41) is 0. The standard InChI is InChI=1S/C15H26N2/c1-12(2)15-7-5-14(6-8-15)11-17(10-9-16)13(3)4/h5-8,12-13H,9-11,16H2,1-4H3. The summed E-state index contributed by atoms with van der Waals surface area (Å²) in [4.78, 5) is 2.41. The monoisotopic (exact) mass is 234 g/mol. The van der Waals surface area contributed by atoms with Crippen molar-refractivity contribution in [2.75, 3.05) is 13.1 Å². The topological polar surface area (TPSA) is 29.3 Å². The molecular formula is C15H26N2. The third kappa shape index (κ3) is 4.49. The Morgan fingerprint density at radius 2 is 1.65 bits per heavy atom. The summed E-state index contributed by atoms with van der Waals surface area (Å²) in [5.41, 5.74) is 8.42. The molecule has 0 heterocycles. The van der Waals surface area contributed by atoms with Crippen molar-refractivity contribution < 1.29 is 0 Å². The molecule has 0 aliphatic heterocycles. The van der Waals surface area contributed by atoms with E-state index in [2.05, 4.69) is 56.9 Å².